The molecule has 0 unspecified atom stereocenters. The summed E-state index contributed by atoms with van der Waals surface area (Å²) in [6.45, 7) is 5.17. The normalized spacial score (nSPS) is 19.1. The van der Waals surface area contributed by atoms with Crippen LogP contribution in [0.5, 0.6) is 0 Å². The number of rotatable bonds is 3. The minimum Gasteiger partial charge on any atom is -0.434 e. The summed E-state index contributed by atoms with van der Waals surface area (Å²) in [6.07, 6.45) is 9.63. The van der Waals surface area contributed by atoms with Crippen LogP contribution in [-0.4, -0.2) is 5.97 Å². The molecule has 0 heterocycles. The highest BCUT2D eigenvalue weighted by Crippen LogP contribution is 2.30. The van der Waals surface area contributed by atoms with Crippen molar-refractivity contribution >= 4 is 5.97 Å². The first-order valence-corrected chi connectivity index (χ1v) is 5.23. The van der Waals surface area contributed by atoms with Crippen molar-refractivity contribution in [1.82, 2.24) is 0 Å². The standard InChI is InChI=1S/C12H18O2/c1-3-11(9-14-10(2)13)12-7-5-4-6-8-12/h3,9,12H,1,4-8H2,2H3/b11-9+. The molecule has 0 radical (unpaired) electrons. The third-order valence-electron chi connectivity index (χ3n) is 2.67. The summed E-state index contributed by atoms with van der Waals surface area (Å²) in [5.74, 6) is 0.278. The highest BCUT2D eigenvalue weighted by molar-refractivity contribution is 5.66. The molecule has 1 saturated carbocycles. The van der Waals surface area contributed by atoms with Crippen LogP contribution in [0.25, 0.3) is 0 Å². The molecule has 0 atom stereocenters. The van der Waals surface area contributed by atoms with Gasteiger partial charge in [-0.05, 0) is 24.3 Å². The summed E-state index contributed by atoms with van der Waals surface area (Å²) in [6, 6.07) is 0. The van der Waals surface area contributed by atoms with Crippen LogP contribution in [0.4, 0.5) is 0 Å². The molecule has 0 aromatic rings. The number of ether oxygens (including phenoxy) is 1. The Labute approximate surface area is 85.6 Å². The van der Waals surface area contributed by atoms with E-state index in [-0.39, 0.29) is 5.97 Å². The quantitative estimate of drug-likeness (QED) is 0.392. The lowest BCUT2D eigenvalue weighted by Crippen LogP contribution is -2.08. The van der Waals surface area contributed by atoms with Gasteiger partial charge in [-0.25, -0.2) is 0 Å². The van der Waals surface area contributed by atoms with Gasteiger partial charge in [-0.3, -0.25) is 4.79 Å². The van der Waals surface area contributed by atoms with Gasteiger partial charge in [-0.15, -0.1) is 0 Å². The number of carbonyl (C=O) groups is 1. The smallest absolute Gasteiger partial charge is 0.307 e. The Balaban J connectivity index is 2.54. The number of carbonyl (C=O) groups excluding carboxylic acids is 1. The molecule has 0 amide bonds. The van der Waals surface area contributed by atoms with Gasteiger partial charge < -0.3 is 4.74 Å². The lowest BCUT2D eigenvalue weighted by Gasteiger charge is -2.22. The average Bonchev–Trinajstić information content (AvgIpc) is 2.20. The SMILES string of the molecule is C=C/C(=C\OC(C)=O)C1CCCCC1. The van der Waals surface area contributed by atoms with Gasteiger partial charge in [0.2, 0.25) is 0 Å². The predicted molar refractivity (Wildman–Crippen MR) is 56.6 cm³/mol. The van der Waals surface area contributed by atoms with Gasteiger partial charge in [0.15, 0.2) is 0 Å². The second-order valence-electron chi connectivity index (χ2n) is 3.77. The Bertz CT molecular complexity index is 235. The van der Waals surface area contributed by atoms with E-state index in [1.54, 1.807) is 12.3 Å². The second-order valence-corrected chi connectivity index (χ2v) is 3.77. The molecule has 0 aromatic heterocycles. The third-order valence-corrected chi connectivity index (χ3v) is 2.67. The van der Waals surface area contributed by atoms with Crippen LogP contribution in [-0.2, 0) is 9.53 Å². The van der Waals surface area contributed by atoms with Gasteiger partial charge in [-0.2, -0.15) is 0 Å². The highest BCUT2D eigenvalue weighted by atomic mass is 16.5. The van der Waals surface area contributed by atoms with Crippen LogP contribution in [0, 0.1) is 5.92 Å². The van der Waals surface area contributed by atoms with Crippen molar-refractivity contribution in [2.75, 3.05) is 0 Å². The molecule has 0 bridgehead atoms. The van der Waals surface area contributed by atoms with Crippen LogP contribution in [0.3, 0.4) is 0 Å². The molecular formula is C12H18O2. The van der Waals surface area contributed by atoms with Crippen molar-refractivity contribution in [3.8, 4) is 0 Å². The molecule has 0 saturated heterocycles. The first kappa shape index (κ1) is 11.0. The van der Waals surface area contributed by atoms with Gasteiger partial charge >= 0.3 is 5.97 Å². The van der Waals surface area contributed by atoms with E-state index in [4.69, 9.17) is 4.74 Å². The molecule has 0 aromatic carbocycles. The van der Waals surface area contributed by atoms with Crippen LogP contribution >= 0.6 is 0 Å². The Morgan fingerprint density at radius 1 is 1.36 bits per heavy atom. The highest BCUT2D eigenvalue weighted by Gasteiger charge is 2.16. The summed E-state index contributed by atoms with van der Waals surface area (Å²) in [5, 5.41) is 0. The molecule has 2 nitrogen and oxygen atoms in total. The van der Waals surface area contributed by atoms with Crippen molar-refractivity contribution in [2.24, 2.45) is 5.92 Å². The van der Waals surface area contributed by atoms with Gasteiger partial charge in [0.1, 0.15) is 0 Å². The molecule has 0 aliphatic heterocycles. The average molecular weight is 194 g/mol. The fourth-order valence-corrected chi connectivity index (χ4v) is 1.90. The van der Waals surface area contributed by atoms with E-state index >= 15 is 0 Å². The van der Waals surface area contributed by atoms with Crippen molar-refractivity contribution in [1.29, 1.82) is 0 Å². The monoisotopic (exact) mass is 194 g/mol. The van der Waals surface area contributed by atoms with E-state index in [1.807, 2.05) is 0 Å². The zero-order valence-electron chi connectivity index (χ0n) is 8.79. The van der Waals surface area contributed by atoms with Gasteiger partial charge in [0.25, 0.3) is 0 Å². The lowest BCUT2D eigenvalue weighted by atomic mass is 9.84. The molecule has 2 heteroatoms. The third kappa shape index (κ3) is 3.36. The van der Waals surface area contributed by atoms with Crippen molar-refractivity contribution < 1.29 is 9.53 Å². The summed E-state index contributed by atoms with van der Waals surface area (Å²) >= 11 is 0. The molecular weight excluding hydrogens is 176 g/mol. The fraction of sp³-hybridized carbons (Fsp3) is 0.583. The Morgan fingerprint density at radius 3 is 2.50 bits per heavy atom. The fourth-order valence-electron chi connectivity index (χ4n) is 1.90. The summed E-state index contributed by atoms with van der Waals surface area (Å²) < 4.78 is 4.88. The number of esters is 1. The van der Waals surface area contributed by atoms with Crippen LogP contribution in [0.15, 0.2) is 24.5 Å². The zero-order chi connectivity index (χ0) is 10.4. The van der Waals surface area contributed by atoms with Crippen molar-refractivity contribution in [3.63, 3.8) is 0 Å². The van der Waals surface area contributed by atoms with Crippen molar-refractivity contribution in [2.45, 2.75) is 39.0 Å². The van der Waals surface area contributed by atoms with E-state index in [1.165, 1.54) is 39.0 Å². The van der Waals surface area contributed by atoms with Crippen LogP contribution < -0.4 is 0 Å². The van der Waals surface area contributed by atoms with Gasteiger partial charge in [-0.1, -0.05) is 31.9 Å². The molecule has 78 valence electrons. The molecule has 1 rings (SSSR count). The summed E-state index contributed by atoms with van der Waals surface area (Å²) in [7, 11) is 0. The van der Waals surface area contributed by atoms with Gasteiger partial charge in [0, 0.05) is 6.92 Å². The number of allylic oxidation sites excluding steroid dienone is 2. The van der Waals surface area contributed by atoms with E-state index in [9.17, 15) is 4.79 Å². The Hall–Kier alpha value is -1.05. The number of hydrogen-bond acceptors (Lipinski definition) is 2. The van der Waals surface area contributed by atoms with E-state index in [2.05, 4.69) is 6.58 Å². The lowest BCUT2D eigenvalue weighted by molar-refractivity contribution is -0.135. The Kier molecular flexibility index (Phi) is 4.44. The topological polar surface area (TPSA) is 26.3 Å². The Morgan fingerprint density at radius 2 is 2.00 bits per heavy atom. The molecule has 1 fully saturated rings. The minimum absolute atomic E-state index is 0.264. The van der Waals surface area contributed by atoms with E-state index in [0.717, 1.165) is 5.57 Å². The molecule has 1 aliphatic rings. The predicted octanol–water partition coefficient (Wildman–Crippen LogP) is 3.20. The zero-order valence-corrected chi connectivity index (χ0v) is 8.79. The minimum atomic E-state index is -0.264. The molecule has 0 spiro atoms. The summed E-state index contributed by atoms with van der Waals surface area (Å²) in [4.78, 5) is 10.6. The second kappa shape index (κ2) is 5.63. The first-order valence-electron chi connectivity index (χ1n) is 5.23. The molecule has 0 N–H and O–H groups in total. The molecule has 1 aliphatic carbocycles. The van der Waals surface area contributed by atoms with Crippen LogP contribution in [0.2, 0.25) is 0 Å². The number of hydrogen-bond donors (Lipinski definition) is 0. The maximum absolute atomic E-state index is 10.6. The maximum Gasteiger partial charge on any atom is 0.307 e. The largest absolute Gasteiger partial charge is 0.434 e. The van der Waals surface area contributed by atoms with Crippen LogP contribution in [0.1, 0.15) is 39.0 Å². The summed E-state index contributed by atoms with van der Waals surface area (Å²) in [5.41, 5.74) is 1.07. The van der Waals surface area contributed by atoms with E-state index in [0.29, 0.717) is 5.92 Å². The van der Waals surface area contributed by atoms with Crippen molar-refractivity contribution in [3.05, 3.63) is 24.5 Å². The van der Waals surface area contributed by atoms with E-state index < -0.39 is 0 Å². The molecule has 14 heavy (non-hydrogen) atoms. The first-order chi connectivity index (χ1) is 6.74. The maximum atomic E-state index is 10.6. The van der Waals surface area contributed by atoms with Gasteiger partial charge in [0.05, 0.1) is 6.26 Å².